The van der Waals surface area contributed by atoms with E-state index in [0.29, 0.717) is 25.5 Å². The molecule has 2 fully saturated rings. The molecule has 0 unspecified atom stereocenters. The minimum Gasteiger partial charge on any atom is -0.378 e. The third-order valence-corrected chi connectivity index (χ3v) is 6.30. The average Bonchev–Trinajstić information content (AvgIpc) is 2.41. The van der Waals surface area contributed by atoms with Crippen molar-refractivity contribution < 1.29 is 13.2 Å². The Bertz CT molecular complexity index is 375. The van der Waals surface area contributed by atoms with Gasteiger partial charge in [-0.15, -0.1) is 0 Å². The summed E-state index contributed by atoms with van der Waals surface area (Å²) in [4.78, 5) is 2.41. The van der Waals surface area contributed by atoms with Gasteiger partial charge in [-0.25, -0.2) is 8.42 Å². The van der Waals surface area contributed by atoms with E-state index in [-0.39, 0.29) is 17.0 Å². The van der Waals surface area contributed by atoms with Crippen LogP contribution in [0.5, 0.6) is 0 Å². The molecule has 2 aliphatic rings. The fourth-order valence-electron chi connectivity index (χ4n) is 3.30. The van der Waals surface area contributed by atoms with Gasteiger partial charge in [0.2, 0.25) is 0 Å². The van der Waals surface area contributed by atoms with Crippen molar-refractivity contribution in [2.75, 3.05) is 37.7 Å². The molecule has 0 aromatic carbocycles. The lowest BCUT2D eigenvalue weighted by atomic mass is 9.87. The molecule has 0 bridgehead atoms. The van der Waals surface area contributed by atoms with E-state index in [9.17, 15) is 8.42 Å². The Labute approximate surface area is 116 Å². The summed E-state index contributed by atoms with van der Waals surface area (Å²) < 4.78 is 28.9. The average molecular weight is 290 g/mol. The summed E-state index contributed by atoms with van der Waals surface area (Å²) >= 11 is 0. The molecule has 0 saturated carbocycles. The zero-order valence-electron chi connectivity index (χ0n) is 11.8. The Morgan fingerprint density at radius 2 is 1.84 bits per heavy atom. The zero-order chi connectivity index (χ0) is 13.9. The maximum absolute atomic E-state index is 11.6. The van der Waals surface area contributed by atoms with E-state index in [4.69, 9.17) is 10.5 Å². The van der Waals surface area contributed by atoms with E-state index in [1.165, 1.54) is 0 Å². The van der Waals surface area contributed by atoms with Crippen molar-refractivity contribution in [1.29, 1.82) is 0 Å². The molecule has 2 heterocycles. The maximum atomic E-state index is 11.6. The van der Waals surface area contributed by atoms with Crippen LogP contribution in [0.4, 0.5) is 0 Å². The SMILES string of the molecule is CCOC1CCN(C2(CN)CCS(=O)(=O)CC2)CC1. The van der Waals surface area contributed by atoms with Gasteiger partial charge in [0.05, 0.1) is 17.6 Å². The Kier molecular flexibility index (Phi) is 4.87. The maximum Gasteiger partial charge on any atom is 0.150 e. The number of hydrogen-bond donors (Lipinski definition) is 1. The van der Waals surface area contributed by atoms with Gasteiger partial charge in [0.25, 0.3) is 0 Å². The van der Waals surface area contributed by atoms with E-state index in [1.54, 1.807) is 0 Å². The van der Waals surface area contributed by atoms with Crippen LogP contribution in [0.2, 0.25) is 0 Å². The van der Waals surface area contributed by atoms with Crippen LogP contribution >= 0.6 is 0 Å². The van der Waals surface area contributed by atoms with E-state index in [0.717, 1.165) is 32.5 Å². The van der Waals surface area contributed by atoms with Gasteiger partial charge in [-0.2, -0.15) is 0 Å². The molecular formula is C13H26N2O3S. The fraction of sp³-hybridized carbons (Fsp3) is 1.00. The van der Waals surface area contributed by atoms with Crippen LogP contribution in [0.3, 0.4) is 0 Å². The molecule has 2 saturated heterocycles. The van der Waals surface area contributed by atoms with E-state index < -0.39 is 9.84 Å². The van der Waals surface area contributed by atoms with Crippen molar-refractivity contribution in [1.82, 2.24) is 4.90 Å². The highest BCUT2D eigenvalue weighted by atomic mass is 32.2. The van der Waals surface area contributed by atoms with Gasteiger partial charge in [-0.1, -0.05) is 0 Å². The van der Waals surface area contributed by atoms with E-state index in [1.807, 2.05) is 6.92 Å². The van der Waals surface area contributed by atoms with Gasteiger partial charge in [0.1, 0.15) is 9.84 Å². The number of nitrogens with two attached hydrogens (primary N) is 1. The normalized spacial score (nSPS) is 28.3. The molecular weight excluding hydrogens is 264 g/mol. The lowest BCUT2D eigenvalue weighted by molar-refractivity contribution is -0.0210. The van der Waals surface area contributed by atoms with Crippen molar-refractivity contribution >= 4 is 9.84 Å². The number of sulfone groups is 1. The van der Waals surface area contributed by atoms with Crippen LogP contribution in [-0.4, -0.2) is 62.7 Å². The first-order valence-electron chi connectivity index (χ1n) is 7.28. The predicted octanol–water partition coefficient (Wildman–Crippen LogP) is 0.393. The zero-order valence-corrected chi connectivity index (χ0v) is 12.6. The van der Waals surface area contributed by atoms with Crippen molar-refractivity contribution in [2.24, 2.45) is 5.73 Å². The minimum absolute atomic E-state index is 0.0947. The third kappa shape index (κ3) is 3.48. The molecule has 0 radical (unpaired) electrons. The summed E-state index contributed by atoms with van der Waals surface area (Å²) in [5.41, 5.74) is 5.89. The lowest BCUT2D eigenvalue weighted by Gasteiger charge is -2.48. The van der Waals surface area contributed by atoms with Crippen LogP contribution in [0.15, 0.2) is 0 Å². The number of likely N-dealkylation sites (tertiary alicyclic amines) is 1. The van der Waals surface area contributed by atoms with Gasteiger partial charge in [-0.3, -0.25) is 4.90 Å². The first-order chi connectivity index (χ1) is 9.01. The number of rotatable bonds is 4. The summed E-state index contributed by atoms with van der Waals surface area (Å²) in [7, 11) is -2.83. The summed E-state index contributed by atoms with van der Waals surface area (Å²) in [6, 6.07) is 0. The second-order valence-electron chi connectivity index (χ2n) is 5.72. The van der Waals surface area contributed by atoms with Crippen LogP contribution in [0, 0.1) is 0 Å². The molecule has 112 valence electrons. The highest BCUT2D eigenvalue weighted by Crippen LogP contribution is 2.32. The molecule has 0 amide bonds. The first-order valence-corrected chi connectivity index (χ1v) is 9.11. The number of ether oxygens (including phenoxy) is 1. The number of hydrogen-bond acceptors (Lipinski definition) is 5. The van der Waals surface area contributed by atoms with Crippen molar-refractivity contribution in [3.8, 4) is 0 Å². The molecule has 2 N–H and O–H groups in total. The second kappa shape index (κ2) is 6.08. The predicted molar refractivity (Wildman–Crippen MR) is 75.9 cm³/mol. The smallest absolute Gasteiger partial charge is 0.150 e. The highest BCUT2D eigenvalue weighted by molar-refractivity contribution is 7.91. The molecule has 0 atom stereocenters. The van der Waals surface area contributed by atoms with Gasteiger partial charge in [-0.05, 0) is 32.6 Å². The Morgan fingerprint density at radius 1 is 1.26 bits per heavy atom. The molecule has 19 heavy (non-hydrogen) atoms. The minimum atomic E-state index is -2.83. The summed E-state index contributed by atoms with van der Waals surface area (Å²) in [6.07, 6.45) is 3.80. The van der Waals surface area contributed by atoms with Gasteiger partial charge in [0.15, 0.2) is 0 Å². The Hall–Kier alpha value is -0.170. The molecule has 2 aliphatic heterocycles. The summed E-state index contributed by atoms with van der Waals surface area (Å²) in [5.74, 6) is 0.575. The molecule has 0 aromatic heterocycles. The monoisotopic (exact) mass is 290 g/mol. The quantitative estimate of drug-likeness (QED) is 0.811. The number of nitrogens with zero attached hydrogens (tertiary/aromatic N) is 1. The summed E-state index contributed by atoms with van der Waals surface area (Å²) in [5, 5.41) is 0. The number of piperidine rings is 1. The summed E-state index contributed by atoms with van der Waals surface area (Å²) in [6.45, 7) is 5.30. The molecule has 5 nitrogen and oxygen atoms in total. The molecule has 0 aliphatic carbocycles. The third-order valence-electron chi connectivity index (χ3n) is 4.65. The van der Waals surface area contributed by atoms with Gasteiger partial charge in [0, 0.05) is 31.8 Å². The van der Waals surface area contributed by atoms with Crippen LogP contribution in [0.1, 0.15) is 32.6 Å². The van der Waals surface area contributed by atoms with Crippen molar-refractivity contribution in [3.63, 3.8) is 0 Å². The largest absolute Gasteiger partial charge is 0.378 e. The fourth-order valence-corrected chi connectivity index (χ4v) is 4.89. The topological polar surface area (TPSA) is 72.6 Å². The van der Waals surface area contributed by atoms with E-state index >= 15 is 0 Å². The van der Waals surface area contributed by atoms with Crippen LogP contribution in [0.25, 0.3) is 0 Å². The van der Waals surface area contributed by atoms with Gasteiger partial charge < -0.3 is 10.5 Å². The molecule has 0 spiro atoms. The molecule has 2 rings (SSSR count). The lowest BCUT2D eigenvalue weighted by Crippen LogP contribution is -2.60. The van der Waals surface area contributed by atoms with Crippen molar-refractivity contribution in [3.05, 3.63) is 0 Å². The Balaban J connectivity index is 1.96. The Morgan fingerprint density at radius 3 is 2.32 bits per heavy atom. The van der Waals surface area contributed by atoms with E-state index in [2.05, 4.69) is 4.90 Å². The van der Waals surface area contributed by atoms with Crippen LogP contribution < -0.4 is 5.73 Å². The van der Waals surface area contributed by atoms with Gasteiger partial charge >= 0.3 is 0 Å². The van der Waals surface area contributed by atoms with Crippen molar-refractivity contribution in [2.45, 2.75) is 44.2 Å². The second-order valence-corrected chi connectivity index (χ2v) is 8.03. The highest BCUT2D eigenvalue weighted by Gasteiger charge is 2.42. The molecule has 6 heteroatoms. The van der Waals surface area contributed by atoms with Crippen LogP contribution in [-0.2, 0) is 14.6 Å². The first kappa shape index (κ1) is 15.2. The molecule has 0 aromatic rings. The standard InChI is InChI=1S/C13H26N2O3S/c1-2-18-12-3-7-15(8-4-12)13(11-14)5-9-19(16,17)10-6-13/h12H,2-11,14H2,1H3.